The first-order valence-electron chi connectivity index (χ1n) is 8.84. The van der Waals surface area contributed by atoms with E-state index in [1.807, 2.05) is 44.2 Å². The van der Waals surface area contributed by atoms with Gasteiger partial charge < -0.3 is 0 Å². The molecule has 1 aromatic rings. The van der Waals surface area contributed by atoms with E-state index in [1.165, 1.54) is 12.8 Å². The van der Waals surface area contributed by atoms with Gasteiger partial charge in [-0.25, -0.2) is 0 Å². The molecule has 1 aliphatic carbocycles. The SMILES string of the molecule is CCCCCCC(=O)C1=C(C)CCC1(C)C(=O)c1ccccc1. The quantitative estimate of drug-likeness (QED) is 0.467. The molecule has 0 aromatic heterocycles. The second-order valence-corrected chi connectivity index (χ2v) is 6.92. The van der Waals surface area contributed by atoms with E-state index >= 15 is 0 Å². The van der Waals surface area contributed by atoms with Crippen molar-refractivity contribution in [3.05, 3.63) is 47.0 Å². The third-order valence-corrected chi connectivity index (χ3v) is 5.05. The van der Waals surface area contributed by atoms with E-state index in [0.29, 0.717) is 12.0 Å². The van der Waals surface area contributed by atoms with Crippen LogP contribution in [0.5, 0.6) is 0 Å². The van der Waals surface area contributed by atoms with Gasteiger partial charge in [0.1, 0.15) is 0 Å². The number of rotatable bonds is 8. The molecule has 1 atom stereocenters. The first kappa shape index (κ1) is 17.7. The van der Waals surface area contributed by atoms with Crippen molar-refractivity contribution in [2.24, 2.45) is 5.41 Å². The maximum Gasteiger partial charge on any atom is 0.173 e. The molecule has 1 aromatic carbocycles. The number of carbonyl (C=O) groups is 2. The molecule has 2 nitrogen and oxygen atoms in total. The smallest absolute Gasteiger partial charge is 0.173 e. The van der Waals surface area contributed by atoms with Crippen LogP contribution in [0.1, 0.15) is 76.1 Å². The molecule has 0 fully saturated rings. The summed E-state index contributed by atoms with van der Waals surface area (Å²) in [6, 6.07) is 9.38. The molecule has 0 aliphatic heterocycles. The van der Waals surface area contributed by atoms with Gasteiger partial charge in [-0.15, -0.1) is 0 Å². The summed E-state index contributed by atoms with van der Waals surface area (Å²) in [7, 11) is 0. The molecule has 0 N–H and O–H groups in total. The molecule has 0 amide bonds. The Morgan fingerprint density at radius 2 is 1.78 bits per heavy atom. The molecule has 0 saturated heterocycles. The topological polar surface area (TPSA) is 34.1 Å². The van der Waals surface area contributed by atoms with Crippen LogP contribution in [0.25, 0.3) is 0 Å². The Kier molecular flexibility index (Phi) is 5.92. The summed E-state index contributed by atoms with van der Waals surface area (Å²) in [5, 5.41) is 0. The van der Waals surface area contributed by atoms with Crippen LogP contribution in [0.3, 0.4) is 0 Å². The van der Waals surface area contributed by atoms with Crippen LogP contribution in [0.4, 0.5) is 0 Å². The maximum absolute atomic E-state index is 13.0. The minimum Gasteiger partial charge on any atom is -0.295 e. The van der Waals surface area contributed by atoms with E-state index < -0.39 is 5.41 Å². The summed E-state index contributed by atoms with van der Waals surface area (Å²) in [4.78, 5) is 25.8. The molecule has 1 aliphatic rings. The molecule has 23 heavy (non-hydrogen) atoms. The lowest BCUT2D eigenvalue weighted by atomic mass is 9.74. The Balaban J connectivity index is 2.18. The number of hydrogen-bond acceptors (Lipinski definition) is 2. The lowest BCUT2D eigenvalue weighted by molar-refractivity contribution is -0.116. The van der Waals surface area contributed by atoms with Crippen molar-refractivity contribution in [1.29, 1.82) is 0 Å². The van der Waals surface area contributed by atoms with Crippen LogP contribution in [0.15, 0.2) is 41.5 Å². The van der Waals surface area contributed by atoms with E-state index in [4.69, 9.17) is 0 Å². The van der Waals surface area contributed by atoms with Gasteiger partial charge in [0.25, 0.3) is 0 Å². The molecule has 0 spiro atoms. The van der Waals surface area contributed by atoms with Crippen molar-refractivity contribution in [2.45, 2.75) is 65.7 Å². The minimum absolute atomic E-state index is 0.0897. The van der Waals surface area contributed by atoms with Gasteiger partial charge in [0.05, 0.1) is 5.41 Å². The zero-order chi connectivity index (χ0) is 16.9. The summed E-state index contributed by atoms with van der Waals surface area (Å²) in [6.45, 7) is 6.14. The number of carbonyl (C=O) groups excluding carboxylic acids is 2. The highest BCUT2D eigenvalue weighted by Gasteiger charge is 2.44. The molecule has 2 rings (SSSR count). The molecule has 0 saturated carbocycles. The van der Waals surface area contributed by atoms with Gasteiger partial charge in [-0.2, -0.15) is 0 Å². The molecule has 0 heterocycles. The van der Waals surface area contributed by atoms with Crippen molar-refractivity contribution in [3.8, 4) is 0 Å². The van der Waals surface area contributed by atoms with Crippen molar-refractivity contribution in [3.63, 3.8) is 0 Å². The molecule has 2 heteroatoms. The lowest BCUT2D eigenvalue weighted by Crippen LogP contribution is -2.31. The monoisotopic (exact) mass is 312 g/mol. The predicted octanol–water partition coefficient (Wildman–Crippen LogP) is 5.53. The van der Waals surface area contributed by atoms with E-state index in [-0.39, 0.29) is 11.6 Å². The molecule has 0 bridgehead atoms. The number of benzene rings is 1. The van der Waals surface area contributed by atoms with Crippen molar-refractivity contribution >= 4 is 11.6 Å². The molecule has 0 radical (unpaired) electrons. The average molecular weight is 312 g/mol. The first-order chi connectivity index (χ1) is 11.0. The summed E-state index contributed by atoms with van der Waals surface area (Å²) in [5.41, 5.74) is 1.97. The van der Waals surface area contributed by atoms with Crippen LogP contribution in [-0.2, 0) is 4.79 Å². The molecular weight excluding hydrogens is 284 g/mol. The molecular formula is C21H28O2. The lowest BCUT2D eigenvalue weighted by Gasteiger charge is -2.26. The Morgan fingerprint density at radius 3 is 2.43 bits per heavy atom. The predicted molar refractivity (Wildman–Crippen MR) is 94.6 cm³/mol. The Hall–Kier alpha value is -1.70. The van der Waals surface area contributed by atoms with Gasteiger partial charge in [-0.05, 0) is 33.1 Å². The van der Waals surface area contributed by atoms with E-state index in [9.17, 15) is 9.59 Å². The van der Waals surface area contributed by atoms with Crippen molar-refractivity contribution < 1.29 is 9.59 Å². The number of hydrogen-bond donors (Lipinski definition) is 0. The van der Waals surface area contributed by atoms with Gasteiger partial charge in [0.2, 0.25) is 0 Å². The van der Waals surface area contributed by atoms with Gasteiger partial charge in [-0.3, -0.25) is 9.59 Å². The van der Waals surface area contributed by atoms with Crippen LogP contribution >= 0.6 is 0 Å². The fourth-order valence-corrected chi connectivity index (χ4v) is 3.68. The zero-order valence-corrected chi connectivity index (χ0v) is 14.7. The Bertz CT molecular complexity index is 598. The highest BCUT2D eigenvalue weighted by atomic mass is 16.1. The second kappa shape index (κ2) is 7.72. The largest absolute Gasteiger partial charge is 0.295 e. The Morgan fingerprint density at radius 1 is 1.09 bits per heavy atom. The van der Waals surface area contributed by atoms with Crippen LogP contribution in [0.2, 0.25) is 0 Å². The summed E-state index contributed by atoms with van der Waals surface area (Å²) < 4.78 is 0. The fourth-order valence-electron chi connectivity index (χ4n) is 3.68. The van der Waals surface area contributed by atoms with Gasteiger partial charge in [0.15, 0.2) is 11.6 Å². The highest BCUT2D eigenvalue weighted by molar-refractivity contribution is 6.11. The van der Waals surface area contributed by atoms with Crippen LogP contribution in [0, 0.1) is 5.41 Å². The van der Waals surface area contributed by atoms with Gasteiger partial charge >= 0.3 is 0 Å². The number of allylic oxidation sites excluding steroid dienone is 2. The number of ketones is 2. The van der Waals surface area contributed by atoms with Crippen LogP contribution in [-0.4, -0.2) is 11.6 Å². The fraction of sp³-hybridized carbons (Fsp3) is 0.524. The van der Waals surface area contributed by atoms with Crippen molar-refractivity contribution in [1.82, 2.24) is 0 Å². The second-order valence-electron chi connectivity index (χ2n) is 6.92. The van der Waals surface area contributed by atoms with E-state index in [1.54, 1.807) is 0 Å². The highest BCUT2D eigenvalue weighted by Crippen LogP contribution is 2.45. The van der Waals surface area contributed by atoms with E-state index in [2.05, 4.69) is 6.92 Å². The average Bonchev–Trinajstić information content (AvgIpc) is 2.88. The third kappa shape index (κ3) is 3.80. The molecule has 1 unspecified atom stereocenters. The van der Waals surface area contributed by atoms with Crippen molar-refractivity contribution in [2.75, 3.05) is 0 Å². The van der Waals surface area contributed by atoms with E-state index in [0.717, 1.165) is 36.8 Å². The summed E-state index contributed by atoms with van der Waals surface area (Å²) in [5.74, 6) is 0.273. The number of unbranched alkanes of at least 4 members (excludes halogenated alkanes) is 3. The normalized spacial score (nSPS) is 20.8. The maximum atomic E-state index is 13.0. The third-order valence-electron chi connectivity index (χ3n) is 5.05. The first-order valence-corrected chi connectivity index (χ1v) is 8.84. The number of Topliss-reactive ketones (excluding diaryl/α,β-unsaturated/α-hetero) is 2. The van der Waals surface area contributed by atoms with Crippen LogP contribution < -0.4 is 0 Å². The van der Waals surface area contributed by atoms with Gasteiger partial charge in [0, 0.05) is 17.6 Å². The zero-order valence-electron chi connectivity index (χ0n) is 14.7. The standard InChI is InChI=1S/C21H28O2/c1-4-5-6-10-13-18(22)19-16(2)14-15-21(19,3)20(23)17-11-8-7-9-12-17/h7-9,11-12H,4-6,10,13-15H2,1-3H3. The summed E-state index contributed by atoms with van der Waals surface area (Å²) >= 11 is 0. The minimum atomic E-state index is -0.646. The van der Waals surface area contributed by atoms with Gasteiger partial charge in [-0.1, -0.05) is 62.1 Å². The Labute approximate surface area is 140 Å². The summed E-state index contributed by atoms with van der Waals surface area (Å²) in [6.07, 6.45) is 6.54. The molecule has 124 valence electrons.